The van der Waals surface area contributed by atoms with Gasteiger partial charge in [0, 0.05) is 18.9 Å². The van der Waals surface area contributed by atoms with Crippen molar-refractivity contribution in [3.8, 4) is 0 Å². The molecule has 1 unspecified atom stereocenters. The van der Waals surface area contributed by atoms with Crippen LogP contribution < -0.4 is 0 Å². The topological polar surface area (TPSA) is 66.8 Å². The van der Waals surface area contributed by atoms with Gasteiger partial charge in [-0.25, -0.2) is 4.79 Å². The normalized spacial score (nSPS) is 24.3. The Hall–Kier alpha value is -1.52. The van der Waals surface area contributed by atoms with E-state index in [9.17, 15) is 14.7 Å². The molecule has 1 fully saturated rings. The molecule has 0 bridgehead atoms. The molecule has 5 nitrogen and oxygen atoms in total. The average molecular weight is 239 g/mol. The smallest absolute Gasteiger partial charge is 0.359 e. The SMILES string of the molecule is CC(C)(C)OC(=O)C1=C(O)CCC2CC(=O)N12. The fraction of sp³-hybridized carbons (Fsp3) is 0.667. The van der Waals surface area contributed by atoms with Gasteiger partial charge < -0.3 is 9.84 Å². The second-order valence-electron chi connectivity index (χ2n) is 5.46. The molecule has 1 amide bonds. The summed E-state index contributed by atoms with van der Waals surface area (Å²) < 4.78 is 5.20. The minimum atomic E-state index is -0.634. The fourth-order valence-corrected chi connectivity index (χ4v) is 2.12. The molecule has 0 aromatic heterocycles. The zero-order valence-corrected chi connectivity index (χ0v) is 10.3. The van der Waals surface area contributed by atoms with Gasteiger partial charge in [-0.2, -0.15) is 0 Å². The summed E-state index contributed by atoms with van der Waals surface area (Å²) in [6, 6.07) is 0.0564. The molecule has 0 aliphatic carbocycles. The molecule has 0 saturated carbocycles. The lowest BCUT2D eigenvalue weighted by atomic mass is 9.91. The third kappa shape index (κ3) is 2.14. The Morgan fingerprint density at radius 3 is 2.65 bits per heavy atom. The predicted molar refractivity (Wildman–Crippen MR) is 60.0 cm³/mol. The number of esters is 1. The summed E-state index contributed by atoms with van der Waals surface area (Å²) in [5, 5.41) is 9.76. The molecule has 1 N–H and O–H groups in total. The highest BCUT2D eigenvalue weighted by molar-refractivity contribution is 5.97. The number of aliphatic hydroxyl groups excluding tert-OH is 1. The second-order valence-corrected chi connectivity index (χ2v) is 5.46. The van der Waals surface area contributed by atoms with Crippen molar-refractivity contribution in [3.05, 3.63) is 11.5 Å². The molecule has 2 aliphatic rings. The maximum Gasteiger partial charge on any atom is 0.359 e. The summed E-state index contributed by atoms with van der Waals surface area (Å²) in [5.74, 6) is -0.779. The molecule has 1 atom stereocenters. The summed E-state index contributed by atoms with van der Waals surface area (Å²) in [4.78, 5) is 24.8. The summed E-state index contributed by atoms with van der Waals surface area (Å²) in [5.41, 5.74) is -0.599. The van der Waals surface area contributed by atoms with Gasteiger partial charge in [-0.3, -0.25) is 9.69 Å². The van der Waals surface area contributed by atoms with Crippen LogP contribution >= 0.6 is 0 Å². The van der Waals surface area contributed by atoms with Crippen LogP contribution in [0, 0.1) is 0 Å². The molecule has 94 valence electrons. The lowest BCUT2D eigenvalue weighted by molar-refractivity contribution is -0.160. The van der Waals surface area contributed by atoms with Crippen LogP contribution in [-0.2, 0) is 14.3 Å². The highest BCUT2D eigenvalue weighted by Crippen LogP contribution is 2.36. The minimum Gasteiger partial charge on any atom is -0.510 e. The van der Waals surface area contributed by atoms with Crippen LogP contribution in [0.5, 0.6) is 0 Å². The minimum absolute atomic E-state index is 0.0347. The van der Waals surface area contributed by atoms with Crippen molar-refractivity contribution in [1.29, 1.82) is 0 Å². The summed E-state index contributed by atoms with van der Waals surface area (Å²) in [6.07, 6.45) is 1.60. The molecule has 0 aromatic rings. The van der Waals surface area contributed by atoms with Crippen LogP contribution in [0.3, 0.4) is 0 Å². The molecular formula is C12H17NO4. The van der Waals surface area contributed by atoms with E-state index in [-0.39, 0.29) is 23.4 Å². The monoisotopic (exact) mass is 239 g/mol. The van der Waals surface area contributed by atoms with Gasteiger partial charge in [-0.1, -0.05) is 0 Å². The number of allylic oxidation sites excluding steroid dienone is 1. The number of carbonyl (C=O) groups excluding carboxylic acids is 2. The maximum absolute atomic E-state index is 11.9. The first-order valence-electron chi connectivity index (χ1n) is 5.77. The maximum atomic E-state index is 11.9. The molecular weight excluding hydrogens is 222 g/mol. The summed E-state index contributed by atoms with van der Waals surface area (Å²) in [6.45, 7) is 5.25. The zero-order chi connectivity index (χ0) is 12.8. The number of aliphatic hydroxyl groups is 1. The Kier molecular flexibility index (Phi) is 2.64. The van der Waals surface area contributed by atoms with Gasteiger partial charge in [-0.15, -0.1) is 0 Å². The van der Waals surface area contributed by atoms with Gasteiger partial charge in [-0.05, 0) is 27.2 Å². The van der Waals surface area contributed by atoms with Gasteiger partial charge in [0.15, 0.2) is 5.70 Å². The molecule has 1 saturated heterocycles. The van der Waals surface area contributed by atoms with E-state index in [4.69, 9.17) is 4.74 Å². The number of hydrogen-bond donors (Lipinski definition) is 1. The van der Waals surface area contributed by atoms with E-state index >= 15 is 0 Å². The van der Waals surface area contributed by atoms with Gasteiger partial charge in [0.2, 0.25) is 5.91 Å². The average Bonchev–Trinajstić information content (AvgIpc) is 2.16. The van der Waals surface area contributed by atoms with Crippen molar-refractivity contribution >= 4 is 11.9 Å². The number of β-lactam (4-membered cyclic amide) rings is 1. The molecule has 2 heterocycles. The number of amides is 1. The summed E-state index contributed by atoms with van der Waals surface area (Å²) >= 11 is 0. The number of fused-ring (bicyclic) bond motifs is 1. The molecule has 2 rings (SSSR count). The highest BCUT2D eigenvalue weighted by atomic mass is 16.6. The third-order valence-electron chi connectivity index (χ3n) is 2.86. The lowest BCUT2D eigenvalue weighted by Gasteiger charge is -2.44. The predicted octanol–water partition coefficient (Wildman–Crippen LogP) is 1.49. The van der Waals surface area contributed by atoms with E-state index in [2.05, 4.69) is 0 Å². The first-order valence-corrected chi connectivity index (χ1v) is 5.77. The first-order chi connectivity index (χ1) is 7.79. The quantitative estimate of drug-likeness (QED) is 0.556. The van der Waals surface area contributed by atoms with Gasteiger partial charge in [0.1, 0.15) is 11.4 Å². The first kappa shape index (κ1) is 12.0. The number of ether oxygens (including phenoxy) is 1. The highest BCUT2D eigenvalue weighted by Gasteiger charge is 2.45. The van der Waals surface area contributed by atoms with Crippen molar-refractivity contribution in [3.63, 3.8) is 0 Å². The van der Waals surface area contributed by atoms with Crippen molar-refractivity contribution < 1.29 is 19.4 Å². The van der Waals surface area contributed by atoms with Gasteiger partial charge in [0.05, 0.1) is 0 Å². The van der Waals surface area contributed by atoms with E-state index in [1.54, 1.807) is 20.8 Å². The number of rotatable bonds is 1. The standard InChI is InChI=1S/C12H17NO4/c1-12(2,3)17-11(16)10-8(14)5-4-7-6-9(15)13(7)10/h7,14H,4-6H2,1-3H3. The molecule has 5 heteroatoms. The summed E-state index contributed by atoms with van der Waals surface area (Å²) in [7, 11) is 0. The Labute approximate surface area is 100 Å². The Morgan fingerprint density at radius 1 is 1.47 bits per heavy atom. The van der Waals surface area contributed by atoms with E-state index in [1.165, 1.54) is 4.90 Å². The number of hydrogen-bond acceptors (Lipinski definition) is 4. The van der Waals surface area contributed by atoms with Crippen LogP contribution in [0.15, 0.2) is 11.5 Å². The second kappa shape index (κ2) is 3.75. The van der Waals surface area contributed by atoms with E-state index < -0.39 is 11.6 Å². The fourth-order valence-electron chi connectivity index (χ4n) is 2.12. The van der Waals surface area contributed by atoms with E-state index in [1.807, 2.05) is 0 Å². The van der Waals surface area contributed by atoms with Crippen LogP contribution in [0.4, 0.5) is 0 Å². The van der Waals surface area contributed by atoms with Crippen molar-refractivity contribution in [2.45, 2.75) is 51.7 Å². The number of nitrogens with zero attached hydrogens (tertiary/aromatic N) is 1. The van der Waals surface area contributed by atoms with Gasteiger partial charge >= 0.3 is 5.97 Å². The van der Waals surface area contributed by atoms with E-state index in [0.717, 1.165) is 0 Å². The Morgan fingerprint density at radius 2 is 2.12 bits per heavy atom. The van der Waals surface area contributed by atoms with Crippen LogP contribution in [-0.4, -0.2) is 33.5 Å². The lowest BCUT2D eigenvalue weighted by Crippen LogP contribution is -2.55. The van der Waals surface area contributed by atoms with E-state index in [0.29, 0.717) is 19.3 Å². The Balaban J connectivity index is 2.22. The van der Waals surface area contributed by atoms with Crippen molar-refractivity contribution in [2.75, 3.05) is 0 Å². The van der Waals surface area contributed by atoms with Crippen molar-refractivity contribution in [2.24, 2.45) is 0 Å². The number of carbonyl (C=O) groups is 2. The largest absolute Gasteiger partial charge is 0.510 e. The third-order valence-corrected chi connectivity index (χ3v) is 2.86. The molecule has 0 aromatic carbocycles. The molecule has 17 heavy (non-hydrogen) atoms. The van der Waals surface area contributed by atoms with Gasteiger partial charge in [0.25, 0.3) is 0 Å². The molecule has 0 spiro atoms. The van der Waals surface area contributed by atoms with Crippen molar-refractivity contribution in [1.82, 2.24) is 4.90 Å². The Bertz CT molecular complexity index is 405. The molecule has 0 radical (unpaired) electrons. The van der Waals surface area contributed by atoms with Crippen LogP contribution in [0.2, 0.25) is 0 Å². The van der Waals surface area contributed by atoms with Crippen LogP contribution in [0.1, 0.15) is 40.0 Å². The molecule has 2 aliphatic heterocycles. The zero-order valence-electron chi connectivity index (χ0n) is 10.3. The van der Waals surface area contributed by atoms with Crippen LogP contribution in [0.25, 0.3) is 0 Å².